The molecule has 2 atom stereocenters. The van der Waals surface area contributed by atoms with Gasteiger partial charge in [0.1, 0.15) is 23.1 Å². The van der Waals surface area contributed by atoms with Crippen molar-refractivity contribution in [1.82, 2.24) is 29.6 Å². The second-order valence-electron chi connectivity index (χ2n) is 23.1. The molecule has 0 spiro atoms. The number of carbonyl (C=O) groups excluding carboxylic acids is 6. The summed E-state index contributed by atoms with van der Waals surface area (Å²) >= 11 is 0. The van der Waals surface area contributed by atoms with Crippen LogP contribution in [0.2, 0.25) is 0 Å². The van der Waals surface area contributed by atoms with Gasteiger partial charge < -0.3 is 49.3 Å². The Hall–Kier alpha value is -8.85. The van der Waals surface area contributed by atoms with Crippen molar-refractivity contribution in [3.63, 3.8) is 0 Å². The number of nitrogens with one attached hydrogen (secondary N) is 2. The molecule has 6 aromatic carbocycles. The summed E-state index contributed by atoms with van der Waals surface area (Å²) in [4.78, 5) is 90.8. The van der Waals surface area contributed by atoms with Gasteiger partial charge in [-0.25, -0.2) is 19.3 Å². The van der Waals surface area contributed by atoms with Crippen LogP contribution in [0.25, 0.3) is 21.8 Å². The van der Waals surface area contributed by atoms with E-state index in [9.17, 15) is 52.3 Å². The van der Waals surface area contributed by atoms with Gasteiger partial charge in [0.2, 0.25) is 0 Å². The highest BCUT2D eigenvalue weighted by atomic mass is 31.2. The Labute approximate surface area is 519 Å². The molecule has 6 N–H and O–H groups in total. The average molecular weight is 1250 g/mol. The third-order valence-electron chi connectivity index (χ3n) is 17.3. The van der Waals surface area contributed by atoms with Crippen LogP contribution in [0.3, 0.4) is 0 Å². The summed E-state index contributed by atoms with van der Waals surface area (Å²) in [6.45, 7) is 3.29. The van der Waals surface area contributed by atoms with Crippen LogP contribution in [0.5, 0.6) is 11.5 Å². The molecule has 0 radical (unpaired) electrons. The fourth-order valence-corrected chi connectivity index (χ4v) is 13.8. The van der Waals surface area contributed by atoms with Gasteiger partial charge in [0.25, 0.3) is 42.6 Å². The third-order valence-corrected chi connectivity index (χ3v) is 19.5. The molecule has 4 aliphatic heterocycles. The van der Waals surface area contributed by atoms with E-state index < -0.39 is 43.0 Å². The zero-order valence-corrected chi connectivity index (χ0v) is 50.9. The molecular weight excluding hydrogens is 1180 g/mol. The Morgan fingerprint density at radius 2 is 0.867 bits per heavy atom. The van der Waals surface area contributed by atoms with Gasteiger partial charge in [-0.05, 0) is 135 Å². The van der Waals surface area contributed by atoms with Crippen molar-refractivity contribution in [2.75, 3.05) is 66.6 Å². The van der Waals surface area contributed by atoms with Crippen LogP contribution in [0, 0.1) is 23.5 Å². The van der Waals surface area contributed by atoms with E-state index in [0.29, 0.717) is 119 Å². The number of carbonyl (C=O) groups is 6. The van der Waals surface area contributed by atoms with Crippen molar-refractivity contribution in [3.05, 3.63) is 191 Å². The molecule has 0 bridgehead atoms. The van der Waals surface area contributed by atoms with Gasteiger partial charge in [0.05, 0.1) is 48.7 Å². The Kier molecular flexibility index (Phi) is 20.5. The predicted octanol–water partition coefficient (Wildman–Crippen LogP) is 8.18. The number of H-pyrrole nitrogens is 2. The number of hydrogen-bond acceptors (Lipinski definition) is 13. The normalized spacial score (nSPS) is 17.1. The quantitative estimate of drug-likeness (QED) is 0.0281. The molecule has 0 aliphatic carbocycles. The van der Waals surface area contributed by atoms with E-state index in [1.165, 1.54) is 60.7 Å². The number of β-amino-alcohol motifs (C(OH)–C–C–N with tert-alkyl or cyclic N) is 2. The van der Waals surface area contributed by atoms with Crippen LogP contribution in [0.4, 0.5) is 8.78 Å². The van der Waals surface area contributed by atoms with Crippen molar-refractivity contribution in [2.24, 2.45) is 17.7 Å². The number of likely N-dealkylation sites (tertiary alicyclic amines) is 4. The van der Waals surface area contributed by atoms with E-state index >= 15 is 0 Å². The fourth-order valence-electron chi connectivity index (χ4n) is 12.2. The molecule has 2 aromatic heterocycles. The second kappa shape index (κ2) is 28.8. The molecule has 4 saturated heterocycles. The number of fused-ring (bicyclic) bond motifs is 2. The van der Waals surface area contributed by atoms with Crippen LogP contribution in [-0.2, 0) is 31.6 Å². The number of nitrogens with zero attached hydrogens (tertiary/aromatic N) is 4. The molecule has 4 aliphatic rings. The molecule has 6 heterocycles. The lowest BCUT2D eigenvalue weighted by molar-refractivity contribution is -0.126. The minimum absolute atomic E-state index is 0.140. The summed E-state index contributed by atoms with van der Waals surface area (Å²) in [5.74, 6) is 3.25. The summed E-state index contributed by atoms with van der Waals surface area (Å²) in [6.07, 6.45) is 7.62. The number of benzene rings is 6. The molecule has 19 nitrogen and oxygen atoms in total. The maximum atomic E-state index is 13.5. The van der Waals surface area contributed by atoms with Gasteiger partial charge in [0.15, 0.2) is 0 Å². The van der Waals surface area contributed by atoms with Crippen molar-refractivity contribution < 1.29 is 66.4 Å². The monoisotopic (exact) mass is 1250 g/mol. The Bertz CT molecular complexity index is 3680. The van der Waals surface area contributed by atoms with E-state index in [-0.39, 0.29) is 47.7 Å². The molecule has 4 amide bonds. The summed E-state index contributed by atoms with van der Waals surface area (Å²) in [6, 6.07) is 37.6. The predicted molar refractivity (Wildman–Crippen MR) is 335 cm³/mol. The smallest absolute Gasteiger partial charge is 0.295 e. The van der Waals surface area contributed by atoms with Crippen LogP contribution in [0.1, 0.15) is 91.1 Å². The number of Topliss-reactive ketones (excluding diaryl/α,β-unsaturated/α-hetero) is 2. The van der Waals surface area contributed by atoms with Crippen molar-refractivity contribution in [3.8, 4) is 11.5 Å². The van der Waals surface area contributed by atoms with Crippen molar-refractivity contribution in [1.29, 1.82) is 0 Å². The SMILES string of the molecule is COc1cc2[nH]cc(C(=O)C(=O)N3CC[C@@H](O)C3)c2cc1C(=O)N1CCC(Cc2ccc(F)cc2)CC1.COc1cc2[nH]cc(C(=O)C(=O)N3CC[C@@H](O)C3)c2cc1C(=O)N1CCC(Cc2ccc(F)cc2)CC1.NOP(=O)(c1ccccc1)c1ccccc1. The summed E-state index contributed by atoms with van der Waals surface area (Å²) in [5, 5.41) is 21.6. The van der Waals surface area contributed by atoms with Crippen molar-refractivity contribution in [2.45, 2.75) is 63.6 Å². The van der Waals surface area contributed by atoms with Gasteiger partial charge in [-0.15, -0.1) is 0 Å². The topological polar surface area (TPSA) is 258 Å². The second-order valence-corrected chi connectivity index (χ2v) is 25.5. The highest BCUT2D eigenvalue weighted by molar-refractivity contribution is 7.74. The number of aliphatic hydroxyl groups excluding tert-OH is 2. The standard InChI is InChI=1S/2C28H30FN3O5.C12H12NO2P/c2*1-37-25-14-24-21(23(15-30-24)26(34)28(36)32-11-8-20(33)16-32)13-22(25)27(35)31-9-6-18(7-10-31)12-17-2-4-19(29)5-3-17;13-15-16(14,11-7-3-1-4-8-11)12-9-5-2-6-10-12/h2*2-5,13-15,18,20,30,33H,6-12,16H2,1H3;1-10H,13H2/t2*20-;/m11./s1. The molecular formula is C68H72F2N7O12P. The first-order chi connectivity index (χ1) is 43.4. The van der Waals surface area contributed by atoms with Gasteiger partial charge in [-0.1, -0.05) is 60.7 Å². The minimum Gasteiger partial charge on any atom is -0.496 e. The number of piperidine rings is 2. The molecule has 12 rings (SSSR count). The van der Waals surface area contributed by atoms with Crippen LogP contribution < -0.4 is 26.0 Å². The molecule has 22 heteroatoms. The summed E-state index contributed by atoms with van der Waals surface area (Å²) in [7, 11) is -0.147. The zero-order chi connectivity index (χ0) is 63.6. The van der Waals surface area contributed by atoms with E-state index in [1.54, 1.807) is 82.6 Å². The number of rotatable bonds is 15. The maximum Gasteiger partial charge on any atom is 0.295 e. The third kappa shape index (κ3) is 14.6. The first-order valence-corrected chi connectivity index (χ1v) is 31.7. The number of amides is 4. The first kappa shape index (κ1) is 64.1. The Morgan fingerprint density at radius 3 is 1.19 bits per heavy atom. The number of aromatic nitrogens is 2. The molecule has 90 heavy (non-hydrogen) atoms. The molecule has 8 aromatic rings. The molecule has 0 unspecified atom stereocenters. The van der Waals surface area contributed by atoms with E-state index in [4.69, 9.17) is 20.0 Å². The van der Waals surface area contributed by atoms with Crippen LogP contribution in [-0.4, -0.2) is 154 Å². The number of hydrogen-bond donors (Lipinski definition) is 5. The lowest BCUT2D eigenvalue weighted by Crippen LogP contribution is -2.39. The minimum atomic E-state index is -3.13. The Balaban J connectivity index is 0.000000160. The number of halogens is 2. The van der Waals surface area contributed by atoms with Gasteiger partial charge in [-0.3, -0.25) is 33.3 Å². The summed E-state index contributed by atoms with van der Waals surface area (Å²) in [5.41, 5.74) is 4.40. The highest BCUT2D eigenvalue weighted by Crippen LogP contribution is 2.42. The summed E-state index contributed by atoms with van der Waals surface area (Å²) < 4.78 is 54.8. The van der Waals surface area contributed by atoms with Gasteiger partial charge in [-0.2, -0.15) is 0 Å². The van der Waals surface area contributed by atoms with Gasteiger partial charge >= 0.3 is 0 Å². The highest BCUT2D eigenvalue weighted by Gasteiger charge is 2.35. The molecule has 470 valence electrons. The van der Waals surface area contributed by atoms with E-state index in [0.717, 1.165) is 49.7 Å². The van der Waals surface area contributed by atoms with Crippen molar-refractivity contribution >= 4 is 75.0 Å². The molecule has 4 fully saturated rings. The number of aromatic amines is 2. The lowest BCUT2D eigenvalue weighted by Gasteiger charge is -2.32. The Morgan fingerprint density at radius 1 is 0.511 bits per heavy atom. The van der Waals surface area contributed by atoms with Crippen LogP contribution in [0.15, 0.2) is 146 Å². The van der Waals surface area contributed by atoms with Gasteiger partial charge in [0, 0.05) is 109 Å². The number of methoxy groups -OCH3 is 2. The lowest BCUT2D eigenvalue weighted by atomic mass is 9.90. The number of ketones is 2. The first-order valence-electron chi connectivity index (χ1n) is 30.0. The number of aliphatic hydroxyl groups is 2. The average Bonchev–Trinajstić information content (AvgIpc) is 1.65. The van der Waals surface area contributed by atoms with E-state index in [2.05, 4.69) is 9.97 Å². The largest absolute Gasteiger partial charge is 0.496 e. The fraction of sp³-hybridized carbons (Fsp3) is 0.324. The number of nitrogens with two attached hydrogens (primary N) is 1. The molecule has 0 saturated carbocycles. The maximum absolute atomic E-state index is 13.5. The van der Waals surface area contributed by atoms with Crippen LogP contribution >= 0.6 is 7.37 Å². The zero-order valence-electron chi connectivity index (χ0n) is 50.0. The van der Waals surface area contributed by atoms with E-state index in [1.807, 2.05) is 36.4 Å². The number of ether oxygens (including phenoxy) is 2.